The van der Waals surface area contributed by atoms with Gasteiger partial charge in [0.1, 0.15) is 16.0 Å². The number of aromatic amines is 1. The Morgan fingerprint density at radius 1 is 1.25 bits per heavy atom. The van der Waals surface area contributed by atoms with Crippen LogP contribution < -0.4 is 11.2 Å². The van der Waals surface area contributed by atoms with E-state index in [1.54, 1.807) is 31.2 Å². The Morgan fingerprint density at radius 3 is 2.79 bits per heavy atom. The lowest BCUT2D eigenvalue weighted by Crippen LogP contribution is -2.20. The van der Waals surface area contributed by atoms with Gasteiger partial charge in [0.25, 0.3) is 5.56 Å². The number of H-pyrrole nitrogens is 1. The van der Waals surface area contributed by atoms with Crippen molar-refractivity contribution in [3.63, 3.8) is 0 Å². The number of nitrogens with zero attached hydrogens (tertiary/aromatic N) is 1. The number of benzene rings is 1. The quantitative estimate of drug-likeness (QED) is 0.419. The summed E-state index contributed by atoms with van der Waals surface area (Å²) in [5.41, 5.74) is -0.000215. The number of fused-ring (bicyclic) bond motifs is 2. The van der Waals surface area contributed by atoms with Crippen molar-refractivity contribution < 1.29 is 13.9 Å². The van der Waals surface area contributed by atoms with Gasteiger partial charge in [0.15, 0.2) is 11.9 Å². The summed E-state index contributed by atoms with van der Waals surface area (Å²) in [6.07, 6.45) is -0.849. The van der Waals surface area contributed by atoms with Crippen molar-refractivity contribution in [1.29, 1.82) is 0 Å². The molecule has 1 aromatic carbocycles. The molecule has 7 nitrogen and oxygen atoms in total. The van der Waals surface area contributed by atoms with Crippen LogP contribution in [0.5, 0.6) is 0 Å². The molecule has 1 atom stereocenters. The first kappa shape index (κ1) is 18.1. The van der Waals surface area contributed by atoms with Crippen molar-refractivity contribution in [2.24, 2.45) is 0 Å². The fraction of sp³-hybridized carbons (Fsp3) is 0.200. The highest BCUT2D eigenvalue weighted by Gasteiger charge is 2.21. The molecule has 0 spiro atoms. The fourth-order valence-corrected chi connectivity index (χ4v) is 3.98. The highest BCUT2D eigenvalue weighted by Crippen LogP contribution is 2.27. The van der Waals surface area contributed by atoms with Crippen LogP contribution in [0.3, 0.4) is 0 Å². The molecule has 0 fully saturated rings. The van der Waals surface area contributed by atoms with E-state index in [1.165, 1.54) is 17.4 Å². The summed E-state index contributed by atoms with van der Waals surface area (Å²) in [5.74, 6) is -0.620. The van der Waals surface area contributed by atoms with Gasteiger partial charge in [-0.25, -0.2) is 14.6 Å². The molecule has 0 aliphatic carbocycles. The van der Waals surface area contributed by atoms with E-state index in [-0.39, 0.29) is 16.9 Å². The standard InChI is InChI=1S/C20H16N2O5S/c1-9-11(3)28-18-15(9)17(23)21-16(22-18)10(2)26-19(24)13-8-12-6-4-5-7-14(12)27-20(13)25/h4-8,10H,1-3H3,(H,21,22,23)/t10-/m1/s1. The molecule has 4 aromatic rings. The van der Waals surface area contributed by atoms with E-state index in [0.29, 0.717) is 21.2 Å². The molecule has 0 unspecified atom stereocenters. The lowest BCUT2D eigenvalue weighted by Gasteiger charge is -2.12. The number of ether oxygens (including phenoxy) is 1. The molecule has 1 N–H and O–H groups in total. The molecule has 3 aromatic heterocycles. The third-order valence-electron chi connectivity index (χ3n) is 4.59. The number of thiophene rings is 1. The molecule has 0 aliphatic heterocycles. The number of esters is 1. The zero-order valence-corrected chi connectivity index (χ0v) is 16.2. The monoisotopic (exact) mass is 396 g/mol. The molecule has 0 saturated carbocycles. The van der Waals surface area contributed by atoms with Crippen LogP contribution in [0, 0.1) is 13.8 Å². The molecule has 0 aliphatic rings. The number of aryl methyl sites for hydroxylation is 2. The van der Waals surface area contributed by atoms with Gasteiger partial charge >= 0.3 is 11.6 Å². The normalized spacial score (nSPS) is 12.4. The molecular weight excluding hydrogens is 380 g/mol. The van der Waals surface area contributed by atoms with Gasteiger partial charge in [-0.05, 0) is 38.5 Å². The molecule has 8 heteroatoms. The molecule has 28 heavy (non-hydrogen) atoms. The second kappa shape index (κ2) is 6.72. The van der Waals surface area contributed by atoms with Crippen LogP contribution in [0.2, 0.25) is 0 Å². The van der Waals surface area contributed by atoms with Crippen molar-refractivity contribution in [1.82, 2.24) is 9.97 Å². The largest absolute Gasteiger partial charge is 0.451 e. The second-order valence-corrected chi connectivity index (χ2v) is 7.65. The van der Waals surface area contributed by atoms with Crippen molar-refractivity contribution in [2.75, 3.05) is 0 Å². The Balaban J connectivity index is 1.67. The van der Waals surface area contributed by atoms with Crippen LogP contribution in [-0.2, 0) is 4.74 Å². The summed E-state index contributed by atoms with van der Waals surface area (Å²) >= 11 is 1.41. The maximum Gasteiger partial charge on any atom is 0.351 e. The lowest BCUT2D eigenvalue weighted by atomic mass is 10.2. The molecular formula is C20H16N2O5S. The predicted octanol–water partition coefficient (Wildman–Crippen LogP) is 3.63. The first-order chi connectivity index (χ1) is 13.3. The third kappa shape index (κ3) is 3.01. The van der Waals surface area contributed by atoms with E-state index in [9.17, 15) is 14.4 Å². The smallest absolute Gasteiger partial charge is 0.351 e. The summed E-state index contributed by atoms with van der Waals surface area (Å²) in [5, 5.41) is 1.15. The van der Waals surface area contributed by atoms with Crippen LogP contribution in [-0.4, -0.2) is 15.9 Å². The Hall–Kier alpha value is -3.26. The summed E-state index contributed by atoms with van der Waals surface area (Å²) in [6.45, 7) is 5.37. The number of para-hydroxylation sites is 1. The zero-order valence-electron chi connectivity index (χ0n) is 15.4. The average Bonchev–Trinajstić information content (AvgIpc) is 2.95. The number of hydrogen-bond acceptors (Lipinski definition) is 7. The Bertz CT molecular complexity index is 1350. The Kier molecular flexibility index (Phi) is 4.35. The summed E-state index contributed by atoms with van der Waals surface area (Å²) < 4.78 is 10.5. The Labute approximate surface area is 162 Å². The number of carbonyl (C=O) groups excluding carboxylic acids is 1. The highest BCUT2D eigenvalue weighted by atomic mass is 32.1. The minimum absolute atomic E-state index is 0.211. The van der Waals surface area contributed by atoms with Crippen LogP contribution >= 0.6 is 11.3 Å². The minimum atomic E-state index is -0.849. The summed E-state index contributed by atoms with van der Waals surface area (Å²) in [7, 11) is 0. The predicted molar refractivity (Wildman–Crippen MR) is 106 cm³/mol. The third-order valence-corrected chi connectivity index (χ3v) is 5.69. The SMILES string of the molecule is Cc1sc2nc([C@@H](C)OC(=O)c3cc4ccccc4oc3=O)[nH]c(=O)c2c1C. The zero-order chi connectivity index (χ0) is 20.0. The molecule has 3 heterocycles. The highest BCUT2D eigenvalue weighted by molar-refractivity contribution is 7.18. The number of carbonyl (C=O) groups is 1. The van der Waals surface area contributed by atoms with Crippen LogP contribution in [0.4, 0.5) is 0 Å². The second-order valence-electron chi connectivity index (χ2n) is 6.45. The molecule has 0 amide bonds. The van der Waals surface area contributed by atoms with Crippen molar-refractivity contribution in [3.8, 4) is 0 Å². The van der Waals surface area contributed by atoms with E-state index in [4.69, 9.17) is 9.15 Å². The van der Waals surface area contributed by atoms with Gasteiger partial charge in [0, 0.05) is 10.3 Å². The summed E-state index contributed by atoms with van der Waals surface area (Å²) in [4.78, 5) is 45.7. The van der Waals surface area contributed by atoms with Gasteiger partial charge in [-0.15, -0.1) is 11.3 Å². The molecule has 0 radical (unpaired) electrons. The fourth-order valence-electron chi connectivity index (χ4n) is 2.95. The van der Waals surface area contributed by atoms with Crippen LogP contribution in [0.15, 0.2) is 44.3 Å². The van der Waals surface area contributed by atoms with E-state index in [0.717, 1.165) is 10.4 Å². The molecule has 4 rings (SSSR count). The minimum Gasteiger partial charge on any atom is -0.451 e. The van der Waals surface area contributed by atoms with Crippen LogP contribution in [0.25, 0.3) is 21.2 Å². The summed E-state index contributed by atoms with van der Waals surface area (Å²) in [6, 6.07) is 8.31. The van der Waals surface area contributed by atoms with Gasteiger partial charge in [-0.2, -0.15) is 0 Å². The van der Waals surface area contributed by atoms with E-state index in [1.807, 2.05) is 13.8 Å². The molecule has 0 bridgehead atoms. The van der Waals surface area contributed by atoms with E-state index < -0.39 is 17.7 Å². The van der Waals surface area contributed by atoms with Gasteiger partial charge in [0.2, 0.25) is 0 Å². The lowest BCUT2D eigenvalue weighted by molar-refractivity contribution is 0.0315. The van der Waals surface area contributed by atoms with Gasteiger partial charge < -0.3 is 14.1 Å². The maximum absolute atomic E-state index is 12.5. The van der Waals surface area contributed by atoms with Gasteiger partial charge in [-0.1, -0.05) is 18.2 Å². The van der Waals surface area contributed by atoms with Crippen LogP contribution in [0.1, 0.15) is 39.7 Å². The maximum atomic E-state index is 12.5. The van der Waals surface area contributed by atoms with Crippen molar-refractivity contribution >= 4 is 38.5 Å². The van der Waals surface area contributed by atoms with Gasteiger partial charge in [-0.3, -0.25) is 4.79 Å². The molecule has 142 valence electrons. The average molecular weight is 396 g/mol. The molecule has 0 saturated heterocycles. The topological polar surface area (TPSA) is 102 Å². The number of hydrogen-bond donors (Lipinski definition) is 1. The number of rotatable bonds is 3. The van der Waals surface area contributed by atoms with Crippen molar-refractivity contribution in [3.05, 3.63) is 72.9 Å². The van der Waals surface area contributed by atoms with Crippen molar-refractivity contribution in [2.45, 2.75) is 26.9 Å². The van der Waals surface area contributed by atoms with E-state index in [2.05, 4.69) is 9.97 Å². The first-order valence-electron chi connectivity index (χ1n) is 8.59. The van der Waals surface area contributed by atoms with Gasteiger partial charge in [0.05, 0.1) is 5.39 Å². The Morgan fingerprint density at radius 2 is 2.00 bits per heavy atom. The first-order valence-corrected chi connectivity index (χ1v) is 9.40. The number of nitrogens with one attached hydrogen (secondary N) is 1. The van der Waals surface area contributed by atoms with E-state index >= 15 is 0 Å². The number of aromatic nitrogens is 2.